The largest absolute Gasteiger partial charge is 0.468 e. The first-order chi connectivity index (χ1) is 9.60. The summed E-state index contributed by atoms with van der Waals surface area (Å²) >= 11 is 2.03. The van der Waals surface area contributed by atoms with E-state index < -0.39 is 5.54 Å². The summed E-state index contributed by atoms with van der Waals surface area (Å²) in [6, 6.07) is 0. The molecule has 3 atom stereocenters. The molecule has 0 bridgehead atoms. The Morgan fingerprint density at radius 2 is 2.25 bits per heavy atom. The zero-order chi connectivity index (χ0) is 15.0. The van der Waals surface area contributed by atoms with Gasteiger partial charge >= 0.3 is 5.97 Å². The van der Waals surface area contributed by atoms with Crippen molar-refractivity contribution in [3.8, 4) is 0 Å². The fourth-order valence-electron chi connectivity index (χ4n) is 3.10. The van der Waals surface area contributed by atoms with Crippen molar-refractivity contribution >= 4 is 17.7 Å². The van der Waals surface area contributed by atoms with Crippen molar-refractivity contribution in [2.75, 3.05) is 19.4 Å². The molecule has 0 aromatic heterocycles. The fraction of sp³-hybridized carbons (Fsp3) is 0.938. The van der Waals surface area contributed by atoms with Gasteiger partial charge in [-0.15, -0.1) is 0 Å². The molecule has 0 aromatic carbocycles. The van der Waals surface area contributed by atoms with Crippen molar-refractivity contribution in [1.29, 1.82) is 0 Å². The molecule has 0 aliphatic heterocycles. The minimum Gasteiger partial charge on any atom is -0.468 e. The number of thioether (sulfide) groups is 1. The van der Waals surface area contributed by atoms with E-state index in [0.717, 1.165) is 44.4 Å². The number of carbonyl (C=O) groups is 1. The monoisotopic (exact) mass is 301 g/mol. The average Bonchev–Trinajstić information content (AvgIpc) is 2.88. The van der Waals surface area contributed by atoms with Crippen LogP contribution in [-0.2, 0) is 9.53 Å². The van der Waals surface area contributed by atoms with Crippen LogP contribution >= 0.6 is 11.8 Å². The SMILES string of the molecule is CCCNC1(C(=O)OC)CCCC1CCSC(C)CC. The minimum atomic E-state index is -0.416. The molecular weight excluding hydrogens is 270 g/mol. The molecule has 3 unspecified atom stereocenters. The van der Waals surface area contributed by atoms with Crippen LogP contribution in [0.1, 0.15) is 59.3 Å². The van der Waals surface area contributed by atoms with Gasteiger partial charge in [0.1, 0.15) is 5.54 Å². The Morgan fingerprint density at radius 1 is 1.50 bits per heavy atom. The molecule has 118 valence electrons. The maximum atomic E-state index is 12.3. The molecule has 1 N–H and O–H groups in total. The van der Waals surface area contributed by atoms with E-state index in [0.29, 0.717) is 11.2 Å². The van der Waals surface area contributed by atoms with Gasteiger partial charge in [-0.25, -0.2) is 0 Å². The Kier molecular flexibility index (Phi) is 7.96. The molecule has 20 heavy (non-hydrogen) atoms. The van der Waals surface area contributed by atoms with Crippen LogP contribution in [0.15, 0.2) is 0 Å². The Bertz CT molecular complexity index is 298. The summed E-state index contributed by atoms with van der Waals surface area (Å²) < 4.78 is 5.11. The summed E-state index contributed by atoms with van der Waals surface area (Å²) in [5.41, 5.74) is -0.416. The summed E-state index contributed by atoms with van der Waals surface area (Å²) in [7, 11) is 1.51. The van der Waals surface area contributed by atoms with Crippen molar-refractivity contribution in [3.63, 3.8) is 0 Å². The molecule has 1 saturated carbocycles. The van der Waals surface area contributed by atoms with Crippen molar-refractivity contribution in [2.24, 2.45) is 5.92 Å². The summed E-state index contributed by atoms with van der Waals surface area (Å²) in [4.78, 5) is 12.3. The predicted octanol–water partition coefficient (Wildman–Crippen LogP) is 3.62. The smallest absolute Gasteiger partial charge is 0.326 e. The molecule has 3 nitrogen and oxygen atoms in total. The number of carbonyl (C=O) groups excluding carboxylic acids is 1. The van der Waals surface area contributed by atoms with E-state index in [1.807, 2.05) is 11.8 Å². The molecule has 0 aromatic rings. The molecule has 1 rings (SSSR count). The molecule has 0 heterocycles. The molecule has 1 aliphatic carbocycles. The quantitative estimate of drug-likeness (QED) is 0.660. The third-order valence-electron chi connectivity index (χ3n) is 4.50. The van der Waals surface area contributed by atoms with Gasteiger partial charge in [0.25, 0.3) is 0 Å². The van der Waals surface area contributed by atoms with Crippen LogP contribution in [0.25, 0.3) is 0 Å². The van der Waals surface area contributed by atoms with E-state index in [1.54, 1.807) is 0 Å². The highest BCUT2D eigenvalue weighted by Gasteiger charge is 2.48. The van der Waals surface area contributed by atoms with E-state index in [1.165, 1.54) is 13.5 Å². The van der Waals surface area contributed by atoms with Crippen LogP contribution in [0, 0.1) is 5.92 Å². The number of hydrogen-bond acceptors (Lipinski definition) is 4. The maximum absolute atomic E-state index is 12.3. The lowest BCUT2D eigenvalue weighted by Crippen LogP contribution is -2.55. The van der Waals surface area contributed by atoms with Gasteiger partial charge in [-0.1, -0.05) is 27.2 Å². The fourth-order valence-corrected chi connectivity index (χ4v) is 4.16. The molecule has 1 fully saturated rings. The van der Waals surface area contributed by atoms with Crippen molar-refractivity contribution in [2.45, 2.75) is 70.1 Å². The van der Waals surface area contributed by atoms with Gasteiger partial charge < -0.3 is 10.1 Å². The highest BCUT2D eigenvalue weighted by atomic mass is 32.2. The van der Waals surface area contributed by atoms with Crippen molar-refractivity contribution < 1.29 is 9.53 Å². The summed E-state index contributed by atoms with van der Waals surface area (Å²) in [5.74, 6) is 1.52. The molecule has 0 amide bonds. The number of nitrogens with one attached hydrogen (secondary N) is 1. The number of rotatable bonds is 9. The first-order valence-corrected chi connectivity index (χ1v) is 9.10. The second-order valence-electron chi connectivity index (χ2n) is 5.86. The van der Waals surface area contributed by atoms with Crippen molar-refractivity contribution in [1.82, 2.24) is 5.32 Å². The zero-order valence-electron chi connectivity index (χ0n) is 13.5. The molecular formula is C16H31NO2S. The number of ether oxygens (including phenoxy) is 1. The Hall–Kier alpha value is -0.220. The van der Waals surface area contributed by atoms with E-state index in [9.17, 15) is 4.79 Å². The van der Waals surface area contributed by atoms with Crippen LogP contribution in [0.3, 0.4) is 0 Å². The highest BCUT2D eigenvalue weighted by Crippen LogP contribution is 2.40. The van der Waals surface area contributed by atoms with Gasteiger partial charge in [-0.3, -0.25) is 4.79 Å². The van der Waals surface area contributed by atoms with Crippen LogP contribution in [0.5, 0.6) is 0 Å². The lowest BCUT2D eigenvalue weighted by atomic mass is 9.85. The maximum Gasteiger partial charge on any atom is 0.326 e. The number of methoxy groups -OCH3 is 1. The molecule has 1 aliphatic rings. The van der Waals surface area contributed by atoms with E-state index in [2.05, 4.69) is 26.1 Å². The molecule has 0 spiro atoms. The summed E-state index contributed by atoms with van der Waals surface area (Å²) in [6.07, 6.45) is 6.58. The topological polar surface area (TPSA) is 38.3 Å². The van der Waals surface area contributed by atoms with Gasteiger partial charge in [0.15, 0.2) is 0 Å². The third-order valence-corrected chi connectivity index (χ3v) is 5.88. The highest BCUT2D eigenvalue weighted by molar-refractivity contribution is 7.99. The van der Waals surface area contributed by atoms with Gasteiger partial charge in [-0.2, -0.15) is 11.8 Å². The first kappa shape index (κ1) is 17.8. The van der Waals surface area contributed by atoms with Gasteiger partial charge in [0, 0.05) is 5.25 Å². The summed E-state index contributed by atoms with van der Waals surface area (Å²) in [6.45, 7) is 7.54. The summed E-state index contributed by atoms with van der Waals surface area (Å²) in [5, 5.41) is 4.23. The van der Waals surface area contributed by atoms with E-state index >= 15 is 0 Å². The Labute approximate surface area is 128 Å². The molecule has 0 radical (unpaired) electrons. The van der Waals surface area contributed by atoms with E-state index in [-0.39, 0.29) is 5.97 Å². The lowest BCUT2D eigenvalue weighted by Gasteiger charge is -2.34. The van der Waals surface area contributed by atoms with Crippen LogP contribution in [-0.4, -0.2) is 36.2 Å². The second-order valence-corrected chi connectivity index (χ2v) is 7.40. The van der Waals surface area contributed by atoms with Crippen LogP contribution in [0.2, 0.25) is 0 Å². The standard InChI is InChI=1S/C16H31NO2S/c1-5-11-17-16(15(18)19-4)10-7-8-14(16)9-12-20-13(3)6-2/h13-14,17H,5-12H2,1-4H3. The van der Waals surface area contributed by atoms with Crippen LogP contribution in [0.4, 0.5) is 0 Å². The second kappa shape index (κ2) is 8.93. The average molecular weight is 301 g/mol. The van der Waals surface area contributed by atoms with Crippen LogP contribution < -0.4 is 5.32 Å². The van der Waals surface area contributed by atoms with Gasteiger partial charge in [0.05, 0.1) is 7.11 Å². The number of esters is 1. The molecule has 4 heteroatoms. The normalized spacial score (nSPS) is 27.5. The van der Waals surface area contributed by atoms with Gasteiger partial charge in [0.2, 0.25) is 0 Å². The zero-order valence-corrected chi connectivity index (χ0v) is 14.4. The van der Waals surface area contributed by atoms with E-state index in [4.69, 9.17) is 4.74 Å². The Morgan fingerprint density at radius 3 is 2.85 bits per heavy atom. The Balaban J connectivity index is 2.63. The first-order valence-electron chi connectivity index (χ1n) is 8.05. The van der Waals surface area contributed by atoms with Gasteiger partial charge in [-0.05, 0) is 50.3 Å². The predicted molar refractivity (Wildman–Crippen MR) is 87.2 cm³/mol. The van der Waals surface area contributed by atoms with Crippen molar-refractivity contribution in [3.05, 3.63) is 0 Å². The lowest BCUT2D eigenvalue weighted by molar-refractivity contribution is -0.150. The number of hydrogen-bond donors (Lipinski definition) is 1. The minimum absolute atomic E-state index is 0.0537. The molecule has 0 saturated heterocycles. The third kappa shape index (κ3) is 4.39.